The molecule has 2 rings (SSSR count). The van der Waals surface area contributed by atoms with Crippen molar-refractivity contribution in [3.05, 3.63) is 63.6 Å². The van der Waals surface area contributed by atoms with Crippen molar-refractivity contribution >= 4 is 35.0 Å². The molecule has 0 aromatic heterocycles. The molecule has 156 valence electrons. The Morgan fingerprint density at radius 1 is 1.07 bits per heavy atom. The minimum absolute atomic E-state index is 0.0254. The third kappa shape index (κ3) is 6.65. The summed E-state index contributed by atoms with van der Waals surface area (Å²) in [7, 11) is 1.59. The number of nitrogens with zero attached hydrogens (tertiary/aromatic N) is 1. The summed E-state index contributed by atoms with van der Waals surface area (Å²) in [5, 5.41) is 3.83. The largest absolute Gasteiger partial charge is 0.497 e. The fourth-order valence-electron chi connectivity index (χ4n) is 2.84. The van der Waals surface area contributed by atoms with Crippen LogP contribution in [-0.2, 0) is 22.6 Å². The lowest BCUT2D eigenvalue weighted by atomic mass is 10.1. The summed E-state index contributed by atoms with van der Waals surface area (Å²) in [5.74, 6) is 0.330. The first-order valence-corrected chi connectivity index (χ1v) is 10.1. The van der Waals surface area contributed by atoms with Gasteiger partial charge in [0.1, 0.15) is 11.8 Å². The fraction of sp³-hybridized carbons (Fsp3) is 0.364. The predicted octanol–water partition coefficient (Wildman–Crippen LogP) is 4.49. The molecular weight excluding hydrogens is 411 g/mol. The summed E-state index contributed by atoms with van der Waals surface area (Å²) in [6.45, 7) is 5.68. The molecule has 2 aromatic carbocycles. The lowest BCUT2D eigenvalue weighted by Gasteiger charge is -2.30. The Kier molecular flexibility index (Phi) is 8.35. The topological polar surface area (TPSA) is 58.6 Å². The second-order valence-corrected chi connectivity index (χ2v) is 7.97. The number of nitrogens with one attached hydrogen (secondary N) is 1. The smallest absolute Gasteiger partial charge is 0.242 e. The maximum atomic E-state index is 13.1. The molecule has 0 radical (unpaired) electrons. The first-order chi connectivity index (χ1) is 13.7. The fourth-order valence-corrected chi connectivity index (χ4v) is 3.31. The highest BCUT2D eigenvalue weighted by Crippen LogP contribution is 2.24. The van der Waals surface area contributed by atoms with Crippen LogP contribution in [0.1, 0.15) is 31.9 Å². The molecule has 2 aromatic rings. The molecule has 0 aliphatic carbocycles. The summed E-state index contributed by atoms with van der Waals surface area (Å²) in [6.07, 6.45) is 0.161. The molecule has 0 fully saturated rings. The van der Waals surface area contributed by atoms with E-state index in [1.54, 1.807) is 44.4 Å². The molecule has 0 saturated heterocycles. The zero-order chi connectivity index (χ0) is 21.6. The van der Waals surface area contributed by atoms with E-state index in [0.29, 0.717) is 10.0 Å². The van der Waals surface area contributed by atoms with Gasteiger partial charge in [-0.3, -0.25) is 9.59 Å². The van der Waals surface area contributed by atoms with Gasteiger partial charge in [0, 0.05) is 22.6 Å². The first kappa shape index (κ1) is 23.0. The Bertz CT molecular complexity index is 854. The Labute approximate surface area is 181 Å². The van der Waals surface area contributed by atoms with E-state index in [2.05, 4.69) is 5.32 Å². The van der Waals surface area contributed by atoms with Crippen molar-refractivity contribution < 1.29 is 14.3 Å². The van der Waals surface area contributed by atoms with E-state index >= 15 is 0 Å². The lowest BCUT2D eigenvalue weighted by Crippen LogP contribution is -2.49. The summed E-state index contributed by atoms with van der Waals surface area (Å²) < 4.78 is 5.16. The molecule has 1 N–H and O–H groups in total. The maximum Gasteiger partial charge on any atom is 0.242 e. The first-order valence-electron chi connectivity index (χ1n) is 9.38. The van der Waals surface area contributed by atoms with Crippen LogP contribution in [0.15, 0.2) is 42.5 Å². The zero-order valence-electron chi connectivity index (χ0n) is 17.0. The van der Waals surface area contributed by atoms with Crippen LogP contribution in [0.25, 0.3) is 0 Å². The van der Waals surface area contributed by atoms with Gasteiger partial charge in [-0.2, -0.15) is 0 Å². The maximum absolute atomic E-state index is 13.1. The lowest BCUT2D eigenvalue weighted by molar-refractivity contribution is -0.140. The minimum atomic E-state index is -0.658. The van der Waals surface area contributed by atoms with Crippen molar-refractivity contribution in [1.29, 1.82) is 0 Å². The summed E-state index contributed by atoms with van der Waals surface area (Å²) in [4.78, 5) is 27.3. The van der Waals surface area contributed by atoms with Gasteiger partial charge in [-0.15, -0.1) is 0 Å². The van der Waals surface area contributed by atoms with Crippen molar-refractivity contribution in [2.75, 3.05) is 7.11 Å². The van der Waals surface area contributed by atoms with Crippen LogP contribution in [0.2, 0.25) is 10.0 Å². The number of benzene rings is 2. The molecule has 1 atom stereocenters. The standard InChI is InChI=1S/C22H26Cl2N2O3/c1-14(2)25-22(28)15(3)26(13-17-7-8-18(23)12-20(17)24)21(27)11-16-5-9-19(29-4)10-6-16/h5-10,12,14-15H,11,13H2,1-4H3,(H,25,28)/t15-/m0/s1. The molecule has 29 heavy (non-hydrogen) atoms. The monoisotopic (exact) mass is 436 g/mol. The van der Waals surface area contributed by atoms with E-state index in [1.165, 1.54) is 4.90 Å². The summed E-state index contributed by atoms with van der Waals surface area (Å²) in [6, 6.07) is 11.7. The predicted molar refractivity (Wildman–Crippen MR) is 116 cm³/mol. The Morgan fingerprint density at radius 3 is 2.28 bits per heavy atom. The second-order valence-electron chi connectivity index (χ2n) is 7.12. The molecule has 0 saturated carbocycles. The average molecular weight is 437 g/mol. The minimum Gasteiger partial charge on any atom is -0.497 e. The van der Waals surface area contributed by atoms with Crippen LogP contribution >= 0.6 is 23.2 Å². The number of hydrogen-bond acceptors (Lipinski definition) is 3. The molecule has 0 bridgehead atoms. The van der Waals surface area contributed by atoms with Crippen LogP contribution in [0.3, 0.4) is 0 Å². The SMILES string of the molecule is COc1ccc(CC(=O)N(Cc2ccc(Cl)cc2Cl)[C@@H](C)C(=O)NC(C)C)cc1. The number of amides is 2. The highest BCUT2D eigenvalue weighted by Gasteiger charge is 2.27. The molecule has 0 aliphatic heterocycles. The number of hydrogen-bond donors (Lipinski definition) is 1. The molecule has 0 heterocycles. The zero-order valence-corrected chi connectivity index (χ0v) is 18.6. The van der Waals surface area contributed by atoms with Gasteiger partial charge in [0.15, 0.2) is 0 Å². The molecular formula is C22H26Cl2N2O3. The van der Waals surface area contributed by atoms with Gasteiger partial charge in [-0.05, 0) is 56.2 Å². The highest BCUT2D eigenvalue weighted by atomic mass is 35.5. The Morgan fingerprint density at radius 2 is 1.72 bits per heavy atom. The van der Waals surface area contributed by atoms with Gasteiger partial charge in [0.25, 0.3) is 0 Å². The van der Waals surface area contributed by atoms with Gasteiger partial charge in [0.2, 0.25) is 11.8 Å². The summed E-state index contributed by atoms with van der Waals surface area (Å²) in [5.41, 5.74) is 1.56. The number of ether oxygens (including phenoxy) is 1. The van der Waals surface area contributed by atoms with Gasteiger partial charge < -0.3 is 15.0 Å². The van der Waals surface area contributed by atoms with E-state index in [9.17, 15) is 9.59 Å². The molecule has 0 unspecified atom stereocenters. The van der Waals surface area contributed by atoms with E-state index < -0.39 is 6.04 Å². The van der Waals surface area contributed by atoms with Gasteiger partial charge in [-0.25, -0.2) is 0 Å². The van der Waals surface area contributed by atoms with Crippen molar-refractivity contribution in [3.8, 4) is 5.75 Å². The van der Waals surface area contributed by atoms with E-state index in [-0.39, 0.29) is 30.8 Å². The van der Waals surface area contributed by atoms with E-state index in [1.807, 2.05) is 26.0 Å². The molecule has 7 heteroatoms. The van der Waals surface area contributed by atoms with Crippen LogP contribution in [0, 0.1) is 0 Å². The summed E-state index contributed by atoms with van der Waals surface area (Å²) >= 11 is 12.3. The number of carbonyl (C=O) groups is 2. The molecule has 2 amide bonds. The van der Waals surface area contributed by atoms with Crippen LogP contribution in [0.4, 0.5) is 0 Å². The van der Waals surface area contributed by atoms with E-state index in [0.717, 1.165) is 16.9 Å². The van der Waals surface area contributed by atoms with Gasteiger partial charge in [-0.1, -0.05) is 41.4 Å². The van der Waals surface area contributed by atoms with Gasteiger partial charge in [0.05, 0.1) is 13.5 Å². The third-order valence-corrected chi connectivity index (χ3v) is 5.06. The van der Waals surface area contributed by atoms with Crippen LogP contribution in [-0.4, -0.2) is 35.9 Å². The van der Waals surface area contributed by atoms with Crippen LogP contribution < -0.4 is 10.1 Å². The Balaban J connectivity index is 2.26. The number of carbonyl (C=O) groups excluding carboxylic acids is 2. The molecule has 0 aliphatic rings. The van der Waals surface area contributed by atoms with Crippen LogP contribution in [0.5, 0.6) is 5.75 Å². The highest BCUT2D eigenvalue weighted by molar-refractivity contribution is 6.35. The van der Waals surface area contributed by atoms with Crippen molar-refractivity contribution in [1.82, 2.24) is 10.2 Å². The van der Waals surface area contributed by atoms with Crippen molar-refractivity contribution in [3.63, 3.8) is 0 Å². The second kappa shape index (κ2) is 10.5. The normalized spacial score (nSPS) is 11.8. The van der Waals surface area contributed by atoms with E-state index in [4.69, 9.17) is 27.9 Å². The molecule has 0 spiro atoms. The van der Waals surface area contributed by atoms with Gasteiger partial charge >= 0.3 is 0 Å². The van der Waals surface area contributed by atoms with Crippen molar-refractivity contribution in [2.45, 2.75) is 45.8 Å². The number of methoxy groups -OCH3 is 1. The Hall–Kier alpha value is -2.24. The number of halogens is 2. The third-order valence-electron chi connectivity index (χ3n) is 4.47. The number of rotatable bonds is 8. The van der Waals surface area contributed by atoms with Crippen molar-refractivity contribution in [2.24, 2.45) is 0 Å². The molecule has 5 nitrogen and oxygen atoms in total. The quantitative estimate of drug-likeness (QED) is 0.662. The average Bonchev–Trinajstić information content (AvgIpc) is 2.67.